The Morgan fingerprint density at radius 2 is 2.00 bits per heavy atom. The Morgan fingerprint density at radius 3 is 2.79 bits per heavy atom. The van der Waals surface area contributed by atoms with Crippen molar-refractivity contribution in [3.8, 4) is 11.5 Å². The number of nitrogens with one attached hydrogen (secondary N) is 2. The zero-order chi connectivity index (χ0) is 19.0. The van der Waals surface area contributed by atoms with E-state index < -0.39 is 0 Å². The summed E-state index contributed by atoms with van der Waals surface area (Å²) in [5, 5.41) is 8.95. The predicted molar refractivity (Wildman–Crippen MR) is 128 cm³/mol. The molecule has 29 heavy (non-hydrogen) atoms. The second kappa shape index (κ2) is 11.6. The topological polar surface area (TPSA) is 64.1 Å². The Labute approximate surface area is 193 Å². The fourth-order valence-corrected chi connectivity index (χ4v) is 3.97. The number of anilines is 1. The summed E-state index contributed by atoms with van der Waals surface area (Å²) in [6.07, 6.45) is 4.29. The third-order valence-corrected chi connectivity index (χ3v) is 5.67. The van der Waals surface area contributed by atoms with E-state index in [4.69, 9.17) is 19.2 Å². The van der Waals surface area contributed by atoms with Crippen molar-refractivity contribution in [2.24, 2.45) is 4.99 Å². The average Bonchev–Trinajstić information content (AvgIpc) is 3.37. The minimum Gasteiger partial charge on any atom is -0.490 e. The van der Waals surface area contributed by atoms with E-state index in [0.717, 1.165) is 62.0 Å². The molecule has 0 radical (unpaired) electrons. The molecule has 158 valence electrons. The van der Waals surface area contributed by atoms with Crippen LogP contribution in [0.2, 0.25) is 0 Å². The van der Waals surface area contributed by atoms with E-state index >= 15 is 0 Å². The van der Waals surface area contributed by atoms with Crippen molar-refractivity contribution < 1.29 is 14.2 Å². The normalized spacial score (nSPS) is 18.6. The maximum absolute atomic E-state index is 5.80. The molecule has 0 saturated carbocycles. The smallest absolute Gasteiger partial charge is 0.195 e. The van der Waals surface area contributed by atoms with E-state index in [1.54, 1.807) is 11.3 Å². The summed E-state index contributed by atoms with van der Waals surface area (Å²) in [7, 11) is 0. The van der Waals surface area contributed by atoms with Gasteiger partial charge < -0.3 is 24.8 Å². The molecule has 1 unspecified atom stereocenters. The largest absolute Gasteiger partial charge is 0.490 e. The lowest BCUT2D eigenvalue weighted by Crippen LogP contribution is -2.33. The molecule has 0 spiro atoms. The Kier molecular flexibility index (Phi) is 8.88. The fraction of sp³-hybridized carbons (Fsp3) is 0.476. The van der Waals surface area contributed by atoms with E-state index in [9.17, 15) is 0 Å². The van der Waals surface area contributed by atoms with Crippen molar-refractivity contribution in [1.82, 2.24) is 5.32 Å². The summed E-state index contributed by atoms with van der Waals surface area (Å²) in [6.45, 7) is 3.70. The number of ether oxygens (including phenoxy) is 3. The van der Waals surface area contributed by atoms with Crippen LogP contribution in [0.5, 0.6) is 11.5 Å². The van der Waals surface area contributed by atoms with Crippen LogP contribution >= 0.6 is 35.3 Å². The summed E-state index contributed by atoms with van der Waals surface area (Å²) >= 11 is 1.78. The summed E-state index contributed by atoms with van der Waals surface area (Å²) in [6, 6.07) is 10.2. The number of rotatable bonds is 6. The lowest BCUT2D eigenvalue weighted by molar-refractivity contribution is 0.118. The molecule has 4 rings (SSSR count). The second-order valence-electron chi connectivity index (χ2n) is 6.92. The summed E-state index contributed by atoms with van der Waals surface area (Å²) in [5.41, 5.74) is 0.930. The van der Waals surface area contributed by atoms with Crippen molar-refractivity contribution in [1.29, 1.82) is 0 Å². The molecule has 2 aliphatic rings. The first-order chi connectivity index (χ1) is 13.9. The number of hydrogen-bond acceptors (Lipinski definition) is 5. The first-order valence-electron chi connectivity index (χ1n) is 9.96. The molecule has 6 nitrogen and oxygen atoms in total. The van der Waals surface area contributed by atoms with Crippen molar-refractivity contribution in [2.45, 2.75) is 31.8 Å². The van der Waals surface area contributed by atoms with Gasteiger partial charge in [0, 0.05) is 36.2 Å². The summed E-state index contributed by atoms with van der Waals surface area (Å²) in [5.74, 6) is 2.34. The van der Waals surface area contributed by atoms with Crippen molar-refractivity contribution >= 4 is 47.0 Å². The molecule has 2 N–H and O–H groups in total. The molecule has 1 aromatic heterocycles. The van der Waals surface area contributed by atoms with E-state index in [2.05, 4.69) is 28.1 Å². The summed E-state index contributed by atoms with van der Waals surface area (Å²) in [4.78, 5) is 6.11. The minimum atomic E-state index is 0. The van der Waals surface area contributed by atoms with Crippen LogP contribution in [0.25, 0.3) is 0 Å². The van der Waals surface area contributed by atoms with Crippen molar-refractivity contribution in [3.05, 3.63) is 40.6 Å². The number of fused-ring (bicyclic) bond motifs is 1. The van der Waals surface area contributed by atoms with Gasteiger partial charge >= 0.3 is 0 Å². The molecule has 0 bridgehead atoms. The van der Waals surface area contributed by atoms with Crippen LogP contribution in [0.3, 0.4) is 0 Å². The highest BCUT2D eigenvalue weighted by Gasteiger charge is 2.16. The van der Waals surface area contributed by atoms with Gasteiger partial charge in [0.1, 0.15) is 0 Å². The third-order valence-electron chi connectivity index (χ3n) is 4.73. The first-order valence-corrected chi connectivity index (χ1v) is 10.8. The van der Waals surface area contributed by atoms with Crippen LogP contribution < -0.4 is 20.1 Å². The lowest BCUT2D eigenvalue weighted by Gasteiger charge is -2.15. The Hall–Kier alpha value is -1.52. The molecule has 1 saturated heterocycles. The maximum Gasteiger partial charge on any atom is 0.195 e. The maximum atomic E-state index is 5.80. The van der Waals surface area contributed by atoms with Crippen molar-refractivity contribution in [2.75, 3.05) is 38.2 Å². The highest BCUT2D eigenvalue weighted by Crippen LogP contribution is 2.32. The molecule has 0 amide bonds. The number of thiophene rings is 1. The molecule has 3 heterocycles. The van der Waals surface area contributed by atoms with Crippen molar-refractivity contribution in [3.63, 3.8) is 0 Å². The molecule has 1 atom stereocenters. The number of aliphatic imine (C=N–C) groups is 1. The van der Waals surface area contributed by atoms with E-state index in [1.165, 1.54) is 4.88 Å². The number of nitrogens with zero attached hydrogens (tertiary/aromatic N) is 1. The van der Waals surface area contributed by atoms with Crippen LogP contribution in [0, 0.1) is 0 Å². The van der Waals surface area contributed by atoms with E-state index in [0.29, 0.717) is 19.8 Å². The van der Waals surface area contributed by atoms with Crippen LogP contribution in [0.15, 0.2) is 40.7 Å². The SMILES string of the molecule is I.c1csc(CCNC(=NCC2CCCO2)Nc2ccc3c(c2)OCCCO3)c1. The molecule has 8 heteroatoms. The van der Waals surface area contributed by atoms with Crippen LogP contribution in [-0.4, -0.2) is 45.0 Å². The van der Waals surface area contributed by atoms with Gasteiger partial charge in [0.05, 0.1) is 25.9 Å². The zero-order valence-electron chi connectivity index (χ0n) is 16.4. The van der Waals surface area contributed by atoms with Gasteiger partial charge in [-0.05, 0) is 42.8 Å². The lowest BCUT2D eigenvalue weighted by atomic mass is 10.2. The third kappa shape index (κ3) is 6.75. The molecule has 1 aromatic carbocycles. The molecule has 2 aliphatic heterocycles. The summed E-state index contributed by atoms with van der Waals surface area (Å²) < 4.78 is 17.2. The standard InChI is InChI=1S/C21H27N3O3S.HI/c1-4-17(25-10-1)15-23-21(22-9-8-18-5-2-13-28-18)24-16-6-7-19-20(14-16)27-12-3-11-26-19;/h2,5-7,13-14,17H,1,3-4,8-12,15H2,(H2,22,23,24);1H. The molecular formula is C21H28IN3O3S. The first kappa shape index (κ1) is 22.2. The van der Waals surface area contributed by atoms with Gasteiger partial charge in [-0.2, -0.15) is 0 Å². The van der Waals surface area contributed by atoms with Crippen LogP contribution in [-0.2, 0) is 11.2 Å². The Balaban J connectivity index is 0.00000240. The van der Waals surface area contributed by atoms with Crippen LogP contribution in [0.4, 0.5) is 5.69 Å². The monoisotopic (exact) mass is 529 g/mol. The minimum absolute atomic E-state index is 0. The highest BCUT2D eigenvalue weighted by molar-refractivity contribution is 14.0. The second-order valence-corrected chi connectivity index (χ2v) is 7.95. The van der Waals surface area contributed by atoms with Gasteiger partial charge in [-0.15, -0.1) is 35.3 Å². The molecule has 1 fully saturated rings. The fourth-order valence-electron chi connectivity index (χ4n) is 3.26. The Morgan fingerprint density at radius 1 is 1.10 bits per heavy atom. The Bertz CT molecular complexity index is 779. The number of benzene rings is 1. The van der Waals surface area contributed by atoms with Gasteiger partial charge in [-0.3, -0.25) is 4.99 Å². The molecule has 0 aliphatic carbocycles. The highest BCUT2D eigenvalue weighted by atomic mass is 127. The predicted octanol–water partition coefficient (Wildman–Crippen LogP) is 4.31. The zero-order valence-corrected chi connectivity index (χ0v) is 19.5. The number of hydrogen-bond donors (Lipinski definition) is 2. The van der Waals surface area contributed by atoms with Gasteiger partial charge in [0.2, 0.25) is 0 Å². The van der Waals surface area contributed by atoms with E-state index in [-0.39, 0.29) is 30.1 Å². The quantitative estimate of drug-likeness (QED) is 0.332. The van der Waals surface area contributed by atoms with E-state index in [1.807, 2.05) is 18.2 Å². The van der Waals surface area contributed by atoms with Crippen LogP contribution in [0.1, 0.15) is 24.1 Å². The van der Waals surface area contributed by atoms with Gasteiger partial charge in [0.25, 0.3) is 0 Å². The number of halogens is 1. The molecular weight excluding hydrogens is 501 g/mol. The number of guanidine groups is 1. The van der Waals surface area contributed by atoms with Gasteiger partial charge in [-0.25, -0.2) is 0 Å². The average molecular weight is 529 g/mol. The van der Waals surface area contributed by atoms with Gasteiger partial charge in [0.15, 0.2) is 17.5 Å². The molecule has 2 aromatic rings. The van der Waals surface area contributed by atoms with Gasteiger partial charge in [-0.1, -0.05) is 6.07 Å².